The minimum Gasteiger partial charge on any atom is -0.251 e. The summed E-state index contributed by atoms with van der Waals surface area (Å²) in [6.45, 7) is 4.14. The van der Waals surface area contributed by atoms with Gasteiger partial charge in [-0.25, -0.2) is 0 Å². The summed E-state index contributed by atoms with van der Waals surface area (Å²) in [5, 5.41) is 0. The van der Waals surface area contributed by atoms with Crippen LogP contribution in [0.5, 0.6) is 0 Å². The fraction of sp³-hybridized carbons (Fsp3) is 0.778. The first-order chi connectivity index (χ1) is 4.81. The number of alkyl halides is 1. The van der Waals surface area contributed by atoms with E-state index in [-0.39, 0.29) is 6.67 Å². The van der Waals surface area contributed by atoms with Crippen LogP contribution in [0, 0.1) is 5.92 Å². The third kappa shape index (κ3) is 5.80. The Kier molecular flexibility index (Phi) is 6.56. The van der Waals surface area contributed by atoms with Gasteiger partial charge in [0, 0.05) is 0 Å². The van der Waals surface area contributed by atoms with Gasteiger partial charge in [0.25, 0.3) is 0 Å². The number of rotatable bonds is 5. The number of unbranched alkanes of at least 4 members (excludes halogenated alkanes) is 1. The van der Waals surface area contributed by atoms with Gasteiger partial charge in [-0.2, -0.15) is 0 Å². The van der Waals surface area contributed by atoms with Crippen molar-refractivity contribution < 1.29 is 4.39 Å². The zero-order chi connectivity index (χ0) is 7.82. The number of hydrogen-bond acceptors (Lipinski definition) is 0. The molecule has 1 heteroatoms. The molecule has 1 unspecified atom stereocenters. The minimum absolute atomic E-state index is 0.190. The summed E-state index contributed by atoms with van der Waals surface area (Å²) in [7, 11) is 0. The molecule has 0 aliphatic carbocycles. The number of allylic oxidation sites excluding steroid dienone is 2. The van der Waals surface area contributed by atoms with Gasteiger partial charge < -0.3 is 0 Å². The van der Waals surface area contributed by atoms with E-state index >= 15 is 0 Å². The van der Waals surface area contributed by atoms with Gasteiger partial charge >= 0.3 is 0 Å². The van der Waals surface area contributed by atoms with Crippen molar-refractivity contribution in [2.24, 2.45) is 5.92 Å². The SMILES string of the molecule is CCC(C)/C=C\CCCF. The van der Waals surface area contributed by atoms with Gasteiger partial charge in [0.1, 0.15) is 0 Å². The predicted molar refractivity (Wildman–Crippen MR) is 43.8 cm³/mol. The zero-order valence-electron chi connectivity index (χ0n) is 6.94. The van der Waals surface area contributed by atoms with E-state index in [0.29, 0.717) is 12.3 Å². The van der Waals surface area contributed by atoms with Crippen molar-refractivity contribution in [3.8, 4) is 0 Å². The van der Waals surface area contributed by atoms with Gasteiger partial charge in [-0.3, -0.25) is 4.39 Å². The lowest BCUT2D eigenvalue weighted by Crippen LogP contribution is -1.84. The van der Waals surface area contributed by atoms with Crippen LogP contribution in [-0.4, -0.2) is 6.67 Å². The van der Waals surface area contributed by atoms with Crippen molar-refractivity contribution in [2.45, 2.75) is 33.1 Å². The molecule has 0 nitrogen and oxygen atoms in total. The standard InChI is InChI=1S/C9H17F/c1-3-9(2)7-5-4-6-8-10/h5,7,9H,3-4,6,8H2,1-2H3/b7-5-. The molecule has 0 aromatic heterocycles. The fourth-order valence-electron chi connectivity index (χ4n) is 0.660. The van der Waals surface area contributed by atoms with Crippen LogP contribution in [-0.2, 0) is 0 Å². The third-order valence-corrected chi connectivity index (χ3v) is 1.61. The average molecular weight is 144 g/mol. The molecule has 0 aliphatic rings. The Morgan fingerprint density at radius 3 is 2.70 bits per heavy atom. The van der Waals surface area contributed by atoms with Crippen LogP contribution in [0.1, 0.15) is 33.1 Å². The minimum atomic E-state index is -0.190. The second-order valence-corrected chi connectivity index (χ2v) is 2.64. The molecule has 0 aromatic carbocycles. The third-order valence-electron chi connectivity index (χ3n) is 1.61. The maximum atomic E-state index is 11.6. The van der Waals surface area contributed by atoms with E-state index in [2.05, 4.69) is 26.0 Å². The van der Waals surface area contributed by atoms with Crippen LogP contribution in [0.2, 0.25) is 0 Å². The number of hydrogen-bond donors (Lipinski definition) is 0. The molecule has 0 radical (unpaired) electrons. The van der Waals surface area contributed by atoms with E-state index in [9.17, 15) is 4.39 Å². The first-order valence-electron chi connectivity index (χ1n) is 4.03. The van der Waals surface area contributed by atoms with Crippen molar-refractivity contribution >= 4 is 0 Å². The van der Waals surface area contributed by atoms with Gasteiger partial charge in [-0.15, -0.1) is 0 Å². The molecule has 0 saturated heterocycles. The summed E-state index contributed by atoms with van der Waals surface area (Å²) < 4.78 is 11.6. The maximum absolute atomic E-state index is 11.6. The topological polar surface area (TPSA) is 0 Å². The van der Waals surface area contributed by atoms with Gasteiger partial charge in [0.15, 0.2) is 0 Å². The van der Waals surface area contributed by atoms with Gasteiger partial charge in [0.2, 0.25) is 0 Å². The zero-order valence-corrected chi connectivity index (χ0v) is 6.94. The van der Waals surface area contributed by atoms with Gasteiger partial charge in [-0.1, -0.05) is 32.4 Å². The molecular formula is C9H17F. The van der Waals surface area contributed by atoms with Crippen molar-refractivity contribution in [1.82, 2.24) is 0 Å². The average Bonchev–Trinajstić information content (AvgIpc) is 1.98. The molecule has 0 N–H and O–H groups in total. The molecule has 0 rings (SSSR count). The van der Waals surface area contributed by atoms with Crippen molar-refractivity contribution in [3.63, 3.8) is 0 Å². The smallest absolute Gasteiger partial charge is 0.0897 e. The van der Waals surface area contributed by atoms with Crippen LogP contribution in [0.15, 0.2) is 12.2 Å². The van der Waals surface area contributed by atoms with E-state index in [4.69, 9.17) is 0 Å². The summed E-state index contributed by atoms with van der Waals surface area (Å²) in [6.07, 6.45) is 6.98. The van der Waals surface area contributed by atoms with E-state index < -0.39 is 0 Å². The summed E-state index contributed by atoms with van der Waals surface area (Å²) in [5.41, 5.74) is 0. The normalized spacial score (nSPS) is 14.3. The molecule has 10 heavy (non-hydrogen) atoms. The van der Waals surface area contributed by atoms with Crippen LogP contribution in [0.3, 0.4) is 0 Å². The summed E-state index contributed by atoms with van der Waals surface area (Å²) in [5.74, 6) is 0.652. The monoisotopic (exact) mass is 144 g/mol. The van der Waals surface area contributed by atoms with E-state index in [1.54, 1.807) is 0 Å². The van der Waals surface area contributed by atoms with Gasteiger partial charge in [-0.05, 0) is 18.8 Å². The second-order valence-electron chi connectivity index (χ2n) is 2.64. The molecular weight excluding hydrogens is 127 g/mol. The Morgan fingerprint density at radius 1 is 1.50 bits per heavy atom. The van der Waals surface area contributed by atoms with E-state index in [1.807, 2.05) is 0 Å². The molecule has 0 spiro atoms. The Balaban J connectivity index is 3.18. The van der Waals surface area contributed by atoms with Crippen LogP contribution >= 0.6 is 0 Å². The highest BCUT2D eigenvalue weighted by atomic mass is 19.1. The van der Waals surface area contributed by atoms with Crippen molar-refractivity contribution in [1.29, 1.82) is 0 Å². The van der Waals surface area contributed by atoms with Crippen LogP contribution in [0.4, 0.5) is 4.39 Å². The Bertz CT molecular complexity index is 86.7. The summed E-state index contributed by atoms with van der Waals surface area (Å²) >= 11 is 0. The first kappa shape index (κ1) is 9.67. The quantitative estimate of drug-likeness (QED) is 0.410. The highest BCUT2D eigenvalue weighted by Crippen LogP contribution is 2.03. The lowest BCUT2D eigenvalue weighted by atomic mass is 10.1. The van der Waals surface area contributed by atoms with Crippen LogP contribution < -0.4 is 0 Å². The van der Waals surface area contributed by atoms with Crippen molar-refractivity contribution in [2.75, 3.05) is 6.67 Å². The lowest BCUT2D eigenvalue weighted by molar-refractivity contribution is 0.475. The number of halogens is 1. The second kappa shape index (κ2) is 6.79. The predicted octanol–water partition coefficient (Wildman–Crippen LogP) is 3.34. The van der Waals surface area contributed by atoms with E-state index in [0.717, 1.165) is 6.42 Å². The summed E-state index contributed by atoms with van der Waals surface area (Å²) in [4.78, 5) is 0. The highest BCUT2D eigenvalue weighted by Gasteiger charge is 1.88. The Labute approximate surface area is 63.1 Å². The molecule has 1 atom stereocenters. The Morgan fingerprint density at radius 2 is 2.20 bits per heavy atom. The van der Waals surface area contributed by atoms with Gasteiger partial charge in [0.05, 0.1) is 6.67 Å². The lowest BCUT2D eigenvalue weighted by Gasteiger charge is -1.97. The highest BCUT2D eigenvalue weighted by molar-refractivity contribution is 4.85. The summed E-state index contributed by atoms with van der Waals surface area (Å²) in [6, 6.07) is 0. The molecule has 0 saturated carbocycles. The molecule has 0 bridgehead atoms. The maximum Gasteiger partial charge on any atom is 0.0897 e. The molecule has 0 aliphatic heterocycles. The Hall–Kier alpha value is -0.330. The molecule has 0 amide bonds. The molecule has 60 valence electrons. The van der Waals surface area contributed by atoms with Crippen LogP contribution in [0.25, 0.3) is 0 Å². The first-order valence-corrected chi connectivity index (χ1v) is 4.03. The van der Waals surface area contributed by atoms with Crippen molar-refractivity contribution in [3.05, 3.63) is 12.2 Å². The van der Waals surface area contributed by atoms with E-state index in [1.165, 1.54) is 6.42 Å². The largest absolute Gasteiger partial charge is 0.251 e. The molecule has 0 heterocycles. The fourth-order valence-corrected chi connectivity index (χ4v) is 0.660. The molecule has 0 aromatic rings. The molecule has 0 fully saturated rings.